The van der Waals surface area contributed by atoms with E-state index in [1.807, 2.05) is 66.4 Å². The van der Waals surface area contributed by atoms with Crippen LogP contribution in [0.15, 0.2) is 72.1 Å². The number of carbonyl (C=O) groups excluding carboxylic acids is 1. The van der Waals surface area contributed by atoms with Gasteiger partial charge in [-0.25, -0.2) is 0 Å². The molecule has 8 nitrogen and oxygen atoms in total. The van der Waals surface area contributed by atoms with Gasteiger partial charge in [0.25, 0.3) is 0 Å². The van der Waals surface area contributed by atoms with Crippen molar-refractivity contribution in [3.63, 3.8) is 0 Å². The van der Waals surface area contributed by atoms with E-state index in [1.54, 1.807) is 20.4 Å². The molecule has 8 heteroatoms. The van der Waals surface area contributed by atoms with E-state index in [2.05, 4.69) is 22.4 Å². The average Bonchev–Trinajstić information content (AvgIpc) is 2.85. The minimum absolute atomic E-state index is 0.0459. The Kier molecular flexibility index (Phi) is 7.84. The van der Waals surface area contributed by atoms with Gasteiger partial charge in [-0.3, -0.25) is 14.7 Å². The van der Waals surface area contributed by atoms with Crippen LogP contribution in [0.2, 0.25) is 0 Å². The van der Waals surface area contributed by atoms with Crippen LogP contribution in [0, 0.1) is 0 Å². The van der Waals surface area contributed by atoms with Crippen molar-refractivity contribution in [2.75, 3.05) is 41.4 Å². The van der Waals surface area contributed by atoms with Crippen LogP contribution < -0.4 is 10.1 Å². The smallest absolute Gasteiger partial charge is 0.238 e. The number of hydrogen-bond donors (Lipinski definition) is 1. The SMILES string of the molecule is COC1=Cc2nccc(OC3=CC=C(NC(=O)CN(C)Cc4ccccc4)CN3C)c2CC1OC. The van der Waals surface area contributed by atoms with Crippen molar-refractivity contribution in [1.82, 2.24) is 20.1 Å². The van der Waals surface area contributed by atoms with Gasteiger partial charge in [-0.2, -0.15) is 0 Å². The van der Waals surface area contributed by atoms with Crippen molar-refractivity contribution < 1.29 is 19.0 Å². The fourth-order valence-corrected chi connectivity index (χ4v) is 4.22. The third-order valence-corrected chi connectivity index (χ3v) is 5.99. The molecule has 0 saturated heterocycles. The first-order chi connectivity index (χ1) is 17.0. The van der Waals surface area contributed by atoms with Crippen molar-refractivity contribution in [2.45, 2.75) is 19.1 Å². The molecule has 1 atom stereocenters. The number of methoxy groups -OCH3 is 2. The van der Waals surface area contributed by atoms with Crippen molar-refractivity contribution in [3.8, 4) is 5.75 Å². The lowest BCUT2D eigenvalue weighted by molar-refractivity contribution is -0.121. The Morgan fingerprint density at radius 3 is 2.71 bits per heavy atom. The zero-order valence-electron chi connectivity index (χ0n) is 20.7. The van der Waals surface area contributed by atoms with E-state index >= 15 is 0 Å². The molecule has 1 unspecified atom stereocenters. The minimum atomic E-state index is -0.182. The van der Waals surface area contributed by atoms with E-state index in [9.17, 15) is 4.79 Å². The number of pyridine rings is 1. The van der Waals surface area contributed by atoms with Gasteiger partial charge in [-0.15, -0.1) is 0 Å². The molecule has 0 saturated carbocycles. The number of nitrogens with one attached hydrogen (secondary N) is 1. The molecule has 2 heterocycles. The van der Waals surface area contributed by atoms with Gasteiger partial charge in [0.2, 0.25) is 5.91 Å². The van der Waals surface area contributed by atoms with Gasteiger partial charge < -0.3 is 24.4 Å². The highest BCUT2D eigenvalue weighted by Gasteiger charge is 2.26. The topological polar surface area (TPSA) is 76.2 Å². The van der Waals surface area contributed by atoms with Crippen molar-refractivity contribution >= 4 is 12.0 Å². The summed E-state index contributed by atoms with van der Waals surface area (Å²) in [6.07, 6.45) is 7.80. The van der Waals surface area contributed by atoms with Crippen LogP contribution in [-0.4, -0.2) is 68.2 Å². The lowest BCUT2D eigenvalue weighted by Gasteiger charge is -2.29. The molecule has 1 aromatic heterocycles. The first kappa shape index (κ1) is 24.5. The molecule has 1 aliphatic heterocycles. The Hall–Kier alpha value is -3.62. The normalized spacial score (nSPS) is 17.2. The monoisotopic (exact) mass is 476 g/mol. The first-order valence-electron chi connectivity index (χ1n) is 11.5. The van der Waals surface area contributed by atoms with Crippen LogP contribution in [0.1, 0.15) is 16.8 Å². The average molecular weight is 477 g/mol. The number of amides is 1. The third-order valence-electron chi connectivity index (χ3n) is 5.99. The minimum Gasteiger partial charge on any atom is -0.498 e. The molecule has 1 amide bonds. The van der Waals surface area contributed by atoms with Crippen molar-refractivity contribution in [2.24, 2.45) is 0 Å². The van der Waals surface area contributed by atoms with E-state index in [-0.39, 0.29) is 12.0 Å². The number of benzene rings is 1. The Labute approximate surface area is 206 Å². The van der Waals surface area contributed by atoms with Crippen LogP contribution in [0.25, 0.3) is 6.08 Å². The first-order valence-corrected chi connectivity index (χ1v) is 11.5. The molecule has 2 aromatic rings. The number of carbonyl (C=O) groups is 1. The second-order valence-electron chi connectivity index (χ2n) is 8.71. The highest BCUT2D eigenvalue weighted by molar-refractivity contribution is 5.80. The summed E-state index contributed by atoms with van der Waals surface area (Å²) in [5.74, 6) is 2.12. The van der Waals surface area contributed by atoms with E-state index in [0.717, 1.165) is 28.5 Å². The molecule has 0 fully saturated rings. The predicted octanol–water partition coefficient (Wildman–Crippen LogP) is 2.94. The number of rotatable bonds is 9. The molecule has 0 spiro atoms. The summed E-state index contributed by atoms with van der Waals surface area (Å²) >= 11 is 0. The Balaban J connectivity index is 1.39. The summed E-state index contributed by atoms with van der Waals surface area (Å²) in [6.45, 7) is 1.55. The standard InChI is InChI=1S/C27H32N4O4/c1-30(16-19-8-6-5-7-9-19)18-26(32)29-20-10-11-27(31(2)17-20)35-23-12-13-28-22-15-25(34-4)24(33-3)14-21(22)23/h5-13,15,24H,14,16-18H2,1-4H3,(H,29,32). The molecule has 4 rings (SSSR count). The summed E-state index contributed by atoms with van der Waals surface area (Å²) < 4.78 is 17.3. The molecule has 2 aliphatic rings. The Morgan fingerprint density at radius 2 is 2.00 bits per heavy atom. The second kappa shape index (κ2) is 11.2. The van der Waals surface area contributed by atoms with E-state index in [4.69, 9.17) is 14.2 Å². The molecule has 1 aromatic carbocycles. The van der Waals surface area contributed by atoms with Gasteiger partial charge >= 0.3 is 0 Å². The highest BCUT2D eigenvalue weighted by Crippen LogP contribution is 2.32. The number of likely N-dealkylation sites (N-methyl/N-ethyl adjacent to an activating group) is 2. The van der Waals surface area contributed by atoms with E-state index < -0.39 is 0 Å². The Morgan fingerprint density at radius 1 is 1.20 bits per heavy atom. The van der Waals surface area contributed by atoms with Crippen molar-refractivity contribution in [3.05, 3.63) is 88.9 Å². The van der Waals surface area contributed by atoms with Gasteiger partial charge in [0, 0.05) is 56.7 Å². The maximum atomic E-state index is 12.6. The third kappa shape index (κ3) is 6.09. The number of hydrogen-bond acceptors (Lipinski definition) is 7. The second-order valence-corrected chi connectivity index (χ2v) is 8.71. The quantitative estimate of drug-likeness (QED) is 0.596. The van der Waals surface area contributed by atoms with Gasteiger partial charge in [0.05, 0.1) is 25.9 Å². The van der Waals surface area contributed by atoms with Crippen LogP contribution in [0.4, 0.5) is 0 Å². The molecule has 1 aliphatic carbocycles. The van der Waals surface area contributed by atoms with Crippen LogP contribution in [-0.2, 0) is 27.2 Å². The zero-order valence-corrected chi connectivity index (χ0v) is 20.7. The fraction of sp³-hybridized carbons (Fsp3) is 0.333. The lowest BCUT2D eigenvalue weighted by atomic mass is 9.97. The summed E-state index contributed by atoms with van der Waals surface area (Å²) in [7, 11) is 7.17. The molecule has 0 radical (unpaired) electrons. The van der Waals surface area contributed by atoms with Crippen molar-refractivity contribution in [1.29, 1.82) is 0 Å². The van der Waals surface area contributed by atoms with Gasteiger partial charge in [-0.05, 0) is 24.8 Å². The summed E-state index contributed by atoms with van der Waals surface area (Å²) in [5.41, 5.74) is 3.78. The van der Waals surface area contributed by atoms with E-state index in [0.29, 0.717) is 31.9 Å². The number of ether oxygens (including phenoxy) is 3. The van der Waals surface area contributed by atoms with Crippen LogP contribution >= 0.6 is 0 Å². The number of aromatic nitrogens is 1. The molecule has 0 bridgehead atoms. The van der Waals surface area contributed by atoms with Gasteiger partial charge in [0.1, 0.15) is 17.6 Å². The zero-order chi connectivity index (χ0) is 24.8. The summed E-state index contributed by atoms with van der Waals surface area (Å²) in [4.78, 5) is 21.0. The number of nitrogens with zero attached hydrogens (tertiary/aromatic N) is 3. The van der Waals surface area contributed by atoms with Crippen LogP contribution in [0.5, 0.6) is 5.75 Å². The maximum absolute atomic E-state index is 12.6. The summed E-state index contributed by atoms with van der Waals surface area (Å²) in [6, 6.07) is 12.0. The molecule has 184 valence electrons. The predicted molar refractivity (Wildman–Crippen MR) is 134 cm³/mol. The number of fused-ring (bicyclic) bond motifs is 1. The fourth-order valence-electron chi connectivity index (χ4n) is 4.22. The molecule has 1 N–H and O–H groups in total. The van der Waals surface area contributed by atoms with Gasteiger partial charge in [-0.1, -0.05) is 30.3 Å². The van der Waals surface area contributed by atoms with E-state index in [1.165, 1.54) is 5.56 Å². The van der Waals surface area contributed by atoms with Gasteiger partial charge in [0.15, 0.2) is 5.88 Å². The summed E-state index contributed by atoms with van der Waals surface area (Å²) in [5, 5.41) is 3.02. The van der Waals surface area contributed by atoms with Crippen LogP contribution in [0.3, 0.4) is 0 Å². The molecule has 35 heavy (non-hydrogen) atoms. The molecular formula is C27H32N4O4. The largest absolute Gasteiger partial charge is 0.498 e. The maximum Gasteiger partial charge on any atom is 0.238 e. The lowest BCUT2D eigenvalue weighted by Crippen LogP contribution is -2.38. The Bertz CT molecular complexity index is 1140. The highest BCUT2D eigenvalue weighted by atomic mass is 16.5. The molecular weight excluding hydrogens is 444 g/mol. The number of allylic oxidation sites excluding steroid dienone is 2.